The van der Waals surface area contributed by atoms with Crippen molar-refractivity contribution in [1.29, 1.82) is 0 Å². The van der Waals surface area contributed by atoms with Gasteiger partial charge in [0.05, 0.1) is 23.1 Å². The quantitative estimate of drug-likeness (QED) is 0.371. The Morgan fingerprint density at radius 2 is 1.71 bits per heavy atom. The molecule has 5 nitrogen and oxygen atoms in total. The van der Waals surface area contributed by atoms with Gasteiger partial charge in [-0.2, -0.15) is 0 Å². The number of fused-ring (bicyclic) bond motifs is 1. The van der Waals surface area contributed by atoms with E-state index in [0.29, 0.717) is 22.3 Å². The number of methoxy groups -OCH3 is 1. The van der Waals surface area contributed by atoms with Crippen LogP contribution in [-0.4, -0.2) is 13.1 Å². The van der Waals surface area contributed by atoms with Crippen molar-refractivity contribution in [3.8, 4) is 22.8 Å². The third-order valence-corrected chi connectivity index (χ3v) is 5.25. The molecule has 4 aromatic rings. The number of ether oxygens (including phenoxy) is 2. The molecule has 156 valence electrons. The molecule has 3 aromatic carbocycles. The van der Waals surface area contributed by atoms with Gasteiger partial charge in [-0.25, -0.2) is 4.79 Å². The van der Waals surface area contributed by atoms with Crippen molar-refractivity contribution in [1.82, 2.24) is 0 Å². The molecule has 1 aromatic heterocycles. The van der Waals surface area contributed by atoms with Gasteiger partial charge < -0.3 is 13.9 Å². The van der Waals surface area contributed by atoms with Gasteiger partial charge in [0.25, 0.3) is 0 Å². The van der Waals surface area contributed by atoms with Crippen LogP contribution in [0.3, 0.4) is 0 Å². The Morgan fingerprint density at radius 3 is 2.39 bits per heavy atom. The molecule has 31 heavy (non-hydrogen) atoms. The summed E-state index contributed by atoms with van der Waals surface area (Å²) in [6.07, 6.45) is 0. The maximum atomic E-state index is 13.4. The third-order valence-electron chi connectivity index (χ3n) is 4.92. The van der Waals surface area contributed by atoms with Gasteiger partial charge in [-0.3, -0.25) is 4.79 Å². The summed E-state index contributed by atoms with van der Waals surface area (Å²) in [7, 11) is 1.56. The molecule has 0 N–H and O–H groups in total. The molecular weight excluding hydrogens is 416 g/mol. The summed E-state index contributed by atoms with van der Waals surface area (Å²) in [5.74, 6) is -0.121. The Bertz CT molecular complexity index is 1350. The first-order valence-electron chi connectivity index (χ1n) is 9.58. The van der Waals surface area contributed by atoms with Crippen LogP contribution in [0.1, 0.15) is 21.5 Å². The number of hydrogen-bond donors (Lipinski definition) is 0. The second-order valence-corrected chi connectivity index (χ2v) is 7.55. The maximum Gasteiger partial charge on any atom is 0.345 e. The maximum absolute atomic E-state index is 13.4. The van der Waals surface area contributed by atoms with E-state index in [2.05, 4.69) is 0 Å². The van der Waals surface area contributed by atoms with Crippen molar-refractivity contribution in [3.63, 3.8) is 0 Å². The largest absolute Gasteiger partial charge is 0.497 e. The molecule has 0 fully saturated rings. The Kier molecular flexibility index (Phi) is 5.53. The minimum atomic E-state index is -0.739. The molecule has 0 atom stereocenters. The molecule has 0 bridgehead atoms. The molecule has 0 aliphatic rings. The van der Waals surface area contributed by atoms with Crippen LogP contribution >= 0.6 is 11.6 Å². The highest BCUT2D eigenvalue weighted by Gasteiger charge is 2.23. The Balaban J connectivity index is 1.94. The van der Waals surface area contributed by atoms with Crippen molar-refractivity contribution >= 4 is 28.5 Å². The Morgan fingerprint density at radius 1 is 1.00 bits per heavy atom. The standard InChI is InChI=1S/C25H19ClO5/c1-14-12-15(2)22-19(13-14)21(27)24(31-25(28)18-6-4-5-7-20(18)26)23(30-22)16-8-10-17(29-3)11-9-16/h4-13H,1-3H3. The van der Waals surface area contributed by atoms with E-state index in [1.54, 1.807) is 55.6 Å². The predicted octanol–water partition coefficient (Wildman–Crippen LogP) is 5.96. The topological polar surface area (TPSA) is 65.7 Å². The van der Waals surface area contributed by atoms with Crippen LogP contribution < -0.4 is 14.9 Å². The Labute approximate surface area is 183 Å². The van der Waals surface area contributed by atoms with Crippen molar-refractivity contribution in [2.75, 3.05) is 7.11 Å². The first-order chi connectivity index (χ1) is 14.9. The van der Waals surface area contributed by atoms with Crippen LogP contribution in [0.25, 0.3) is 22.3 Å². The molecule has 4 rings (SSSR count). The van der Waals surface area contributed by atoms with Crippen LogP contribution in [0.2, 0.25) is 5.02 Å². The lowest BCUT2D eigenvalue weighted by molar-refractivity contribution is 0.0731. The Hall–Kier alpha value is -3.57. The smallest absolute Gasteiger partial charge is 0.345 e. The summed E-state index contributed by atoms with van der Waals surface area (Å²) < 4.78 is 16.9. The molecule has 6 heteroatoms. The zero-order valence-electron chi connectivity index (χ0n) is 17.2. The van der Waals surface area contributed by atoms with Gasteiger partial charge in [-0.05, 0) is 67.4 Å². The van der Waals surface area contributed by atoms with E-state index >= 15 is 0 Å². The molecular formula is C25H19ClO5. The fourth-order valence-electron chi connectivity index (χ4n) is 3.43. The fourth-order valence-corrected chi connectivity index (χ4v) is 3.64. The zero-order valence-corrected chi connectivity index (χ0v) is 17.9. The van der Waals surface area contributed by atoms with Gasteiger partial charge in [0, 0.05) is 5.56 Å². The lowest BCUT2D eigenvalue weighted by Gasteiger charge is -2.13. The van der Waals surface area contributed by atoms with Gasteiger partial charge in [-0.15, -0.1) is 0 Å². The predicted molar refractivity (Wildman–Crippen MR) is 120 cm³/mol. The lowest BCUT2D eigenvalue weighted by Crippen LogP contribution is -2.17. The van der Waals surface area contributed by atoms with E-state index < -0.39 is 11.4 Å². The molecule has 0 aliphatic carbocycles. The summed E-state index contributed by atoms with van der Waals surface area (Å²) >= 11 is 6.14. The van der Waals surface area contributed by atoms with Crippen molar-refractivity contribution in [2.45, 2.75) is 13.8 Å². The summed E-state index contributed by atoms with van der Waals surface area (Å²) in [5, 5.41) is 0.576. The zero-order chi connectivity index (χ0) is 22.1. The van der Waals surface area contributed by atoms with E-state index in [1.807, 2.05) is 19.9 Å². The van der Waals surface area contributed by atoms with Crippen LogP contribution in [0.15, 0.2) is 69.9 Å². The molecule has 0 aliphatic heterocycles. The van der Waals surface area contributed by atoms with Crippen molar-refractivity contribution in [2.24, 2.45) is 0 Å². The fraction of sp³-hybridized carbons (Fsp3) is 0.120. The average molecular weight is 435 g/mol. The molecule has 1 heterocycles. The molecule has 0 unspecified atom stereocenters. The van der Waals surface area contributed by atoms with E-state index in [1.165, 1.54) is 6.07 Å². The number of esters is 1. The van der Waals surface area contributed by atoms with E-state index in [0.717, 1.165) is 11.1 Å². The van der Waals surface area contributed by atoms with Gasteiger partial charge >= 0.3 is 5.97 Å². The first-order valence-corrected chi connectivity index (χ1v) is 9.96. The van der Waals surface area contributed by atoms with Crippen LogP contribution in [-0.2, 0) is 0 Å². The highest BCUT2D eigenvalue weighted by Crippen LogP contribution is 2.34. The van der Waals surface area contributed by atoms with Crippen LogP contribution in [0.4, 0.5) is 0 Å². The molecule has 0 radical (unpaired) electrons. The molecule has 0 spiro atoms. The number of hydrogen-bond acceptors (Lipinski definition) is 5. The minimum absolute atomic E-state index is 0.157. The summed E-state index contributed by atoms with van der Waals surface area (Å²) in [6, 6.07) is 17.1. The van der Waals surface area contributed by atoms with Crippen LogP contribution in [0.5, 0.6) is 11.5 Å². The monoisotopic (exact) mass is 434 g/mol. The highest BCUT2D eigenvalue weighted by molar-refractivity contribution is 6.33. The highest BCUT2D eigenvalue weighted by atomic mass is 35.5. The number of carbonyl (C=O) groups excluding carboxylic acids is 1. The second-order valence-electron chi connectivity index (χ2n) is 7.15. The number of aryl methyl sites for hydroxylation is 2. The summed E-state index contributed by atoms with van der Waals surface area (Å²) in [4.78, 5) is 26.2. The SMILES string of the molecule is COc1ccc(-c2oc3c(C)cc(C)cc3c(=O)c2OC(=O)c2ccccc2Cl)cc1. The molecule has 0 amide bonds. The summed E-state index contributed by atoms with van der Waals surface area (Å²) in [5.41, 5.74) is 2.45. The minimum Gasteiger partial charge on any atom is -0.497 e. The van der Waals surface area contributed by atoms with Gasteiger partial charge in [0.1, 0.15) is 11.3 Å². The van der Waals surface area contributed by atoms with Crippen molar-refractivity contribution < 1.29 is 18.7 Å². The number of rotatable bonds is 4. The van der Waals surface area contributed by atoms with Gasteiger partial charge in [0.15, 0.2) is 5.76 Å². The van der Waals surface area contributed by atoms with Crippen molar-refractivity contribution in [3.05, 3.63) is 92.6 Å². The molecule has 0 saturated carbocycles. The second kappa shape index (κ2) is 8.28. The normalized spacial score (nSPS) is 10.8. The average Bonchev–Trinajstić information content (AvgIpc) is 2.76. The van der Waals surface area contributed by atoms with Gasteiger partial charge in [0.2, 0.25) is 11.2 Å². The number of benzene rings is 3. The number of carbonyl (C=O) groups is 1. The van der Waals surface area contributed by atoms with E-state index in [-0.39, 0.29) is 22.1 Å². The van der Waals surface area contributed by atoms with Gasteiger partial charge in [-0.1, -0.05) is 29.8 Å². The van der Waals surface area contributed by atoms with Crippen LogP contribution in [0, 0.1) is 13.8 Å². The summed E-state index contributed by atoms with van der Waals surface area (Å²) in [6.45, 7) is 3.75. The molecule has 0 saturated heterocycles. The first kappa shape index (κ1) is 20.7. The van der Waals surface area contributed by atoms with E-state index in [9.17, 15) is 9.59 Å². The van der Waals surface area contributed by atoms with E-state index in [4.69, 9.17) is 25.5 Å². The lowest BCUT2D eigenvalue weighted by atomic mass is 10.1. The number of halogens is 1. The third kappa shape index (κ3) is 3.92.